The molecule has 36 nitrogen and oxygen atoms in total. The maximum atomic E-state index is 13.2. The number of nitrogens with zero attached hydrogens (tertiary/aromatic N) is 12. The van der Waals surface area contributed by atoms with E-state index in [1.54, 1.807) is 47.2 Å². The van der Waals surface area contributed by atoms with Gasteiger partial charge in [-0.15, -0.1) is 17.5 Å². The lowest BCUT2D eigenvalue weighted by Gasteiger charge is -2.15. The summed E-state index contributed by atoms with van der Waals surface area (Å²) in [7, 11) is -7.62. The van der Waals surface area contributed by atoms with Gasteiger partial charge in [0.15, 0.2) is 39.7 Å². The van der Waals surface area contributed by atoms with E-state index in [-0.39, 0.29) is 67.5 Å². The Hall–Kier alpha value is -9.72. The molecule has 124 heavy (non-hydrogen) atoms. The van der Waals surface area contributed by atoms with Crippen LogP contribution in [-0.2, 0) is 188 Å². The number of ether oxygens (including phenoxy) is 8. The SMILES string of the molecule is CO[C@@H]1CCOc2c(S(N)(=O)=NC(=O)Nc3c4c(cc5c3CCC5)CCC4)cnn2C1.CO[C@@H]1CCOc2c(S(N)(=O)=NC(=O)Nc3c4c(cc5c3CCC5)CCC4)cnn2C1.CO[C@H]1CCOc2c(S(N)(=O)=NC(=O)Nc3c4c(cc5c3CCC5)CCC4)cnn2C1.CO[C@H]1CCOc2c(S(N)(=O)=NC(=O)Nc3c4c(cc5c3CCC5)CCC4)cnn2C1. The highest BCUT2D eigenvalue weighted by molar-refractivity contribution is 7.92. The van der Waals surface area contributed by atoms with Gasteiger partial charge in [-0.1, -0.05) is 24.3 Å². The lowest BCUT2D eigenvalue weighted by Crippen LogP contribution is -2.19. The number of hydrogen-bond acceptors (Lipinski definition) is 20. The average molecular weight is 1780 g/mol. The van der Waals surface area contributed by atoms with Crippen LogP contribution in [0.15, 0.2) is 86.1 Å². The Kier molecular flexibility index (Phi) is 25.3. The zero-order valence-corrected chi connectivity index (χ0v) is 73.5. The minimum atomic E-state index is -3.53. The summed E-state index contributed by atoms with van der Waals surface area (Å²) in [4.78, 5) is 51.8. The van der Waals surface area contributed by atoms with Crippen molar-refractivity contribution in [2.24, 2.45) is 38.0 Å². The third kappa shape index (κ3) is 18.0. The first-order valence-electron chi connectivity index (χ1n) is 42.8. The number of carbonyl (C=O) groups excluding carboxylic acids is 4. The van der Waals surface area contributed by atoms with E-state index in [0.717, 1.165) is 177 Å². The molecule has 0 fully saturated rings. The predicted molar refractivity (Wildman–Crippen MR) is 463 cm³/mol. The van der Waals surface area contributed by atoms with Gasteiger partial charge in [-0.3, -0.25) is 0 Å². The molecular formula is C84H108N20O16S4. The summed E-state index contributed by atoms with van der Waals surface area (Å²) < 4.78 is 119. The lowest BCUT2D eigenvalue weighted by molar-refractivity contribution is 0.0773. The van der Waals surface area contributed by atoms with Gasteiger partial charge in [0.25, 0.3) is 0 Å². The lowest BCUT2D eigenvalue weighted by atomic mass is 9.99. The van der Waals surface area contributed by atoms with Crippen molar-refractivity contribution < 1.29 is 73.9 Å². The largest absolute Gasteiger partial charge is 0.477 e. The molecular weight excluding hydrogens is 1670 g/mol. The first-order chi connectivity index (χ1) is 59.8. The predicted octanol–water partition coefficient (Wildman–Crippen LogP) is 10.4. The number of benzene rings is 4. The summed E-state index contributed by atoms with van der Waals surface area (Å²) in [6, 6.07) is 6.34. The summed E-state index contributed by atoms with van der Waals surface area (Å²) in [6.45, 7) is 3.32. The monoisotopic (exact) mass is 1780 g/mol. The van der Waals surface area contributed by atoms with Crippen molar-refractivity contribution in [1.82, 2.24) is 39.1 Å². The molecule has 8 aliphatic carbocycles. The van der Waals surface area contributed by atoms with Gasteiger partial charge in [-0.25, -0.2) is 75.3 Å². The number of urea groups is 4. The van der Waals surface area contributed by atoms with Crippen molar-refractivity contribution in [1.29, 1.82) is 0 Å². The van der Waals surface area contributed by atoms with Gasteiger partial charge in [-0.2, -0.15) is 20.4 Å². The quantitative estimate of drug-likeness (QED) is 0.0563. The number of nitrogens with two attached hydrogens (primary N) is 4. The minimum Gasteiger partial charge on any atom is -0.477 e. The maximum Gasteiger partial charge on any atom is 0.354 e. The van der Waals surface area contributed by atoms with Crippen LogP contribution in [0.5, 0.6) is 23.5 Å². The summed E-state index contributed by atoms with van der Waals surface area (Å²) in [5.74, 6) is 1.13. The van der Waals surface area contributed by atoms with Gasteiger partial charge in [0.2, 0.25) is 23.5 Å². The van der Waals surface area contributed by atoms with E-state index in [0.29, 0.717) is 78.3 Å². The Balaban J connectivity index is 0.000000117. The molecule has 12 N–H and O–H groups in total. The van der Waals surface area contributed by atoms with E-state index in [9.17, 15) is 36.0 Å². The highest BCUT2D eigenvalue weighted by Crippen LogP contribution is 2.45. The molecule has 20 rings (SSSR count). The first kappa shape index (κ1) is 86.4. The summed E-state index contributed by atoms with van der Waals surface area (Å²) in [6.07, 6.45) is 32.2. The number of aromatic nitrogens is 8. The van der Waals surface area contributed by atoms with Crippen LogP contribution in [0.1, 0.15) is 166 Å². The Labute approximate surface area is 720 Å². The molecule has 8 aromatic rings. The zero-order chi connectivity index (χ0) is 86.3. The van der Waals surface area contributed by atoms with Crippen LogP contribution >= 0.6 is 0 Å². The van der Waals surface area contributed by atoms with E-state index in [2.05, 4.69) is 83.4 Å². The van der Waals surface area contributed by atoms with Gasteiger partial charge in [0, 0.05) is 76.9 Å². The molecule has 0 spiro atoms. The molecule has 8 amide bonds. The molecule has 0 saturated carbocycles. The molecule has 40 heteroatoms. The Bertz CT molecular complexity index is 5260. The van der Waals surface area contributed by atoms with E-state index in [1.165, 1.54) is 114 Å². The number of carbonyl (C=O) groups is 4. The average Bonchev–Trinajstić information content (AvgIpc) is 1.61. The maximum absolute atomic E-state index is 13.2. The molecule has 8 atom stereocenters. The van der Waals surface area contributed by atoms with Gasteiger partial charge in [-0.05, 0) is 243 Å². The van der Waals surface area contributed by atoms with Crippen LogP contribution in [0.4, 0.5) is 41.9 Å². The van der Waals surface area contributed by atoms with Crippen LogP contribution in [0, 0.1) is 0 Å². The van der Waals surface area contributed by atoms with Gasteiger partial charge in [0.05, 0.1) is 102 Å². The highest BCUT2D eigenvalue weighted by atomic mass is 32.2. The van der Waals surface area contributed by atoms with Gasteiger partial charge in [0.1, 0.15) is 19.6 Å². The fourth-order valence-electron chi connectivity index (χ4n) is 19.5. The Morgan fingerprint density at radius 1 is 0.323 bits per heavy atom. The molecule has 0 radical (unpaired) electrons. The Morgan fingerprint density at radius 3 is 0.669 bits per heavy atom. The van der Waals surface area contributed by atoms with Gasteiger partial charge >= 0.3 is 24.1 Å². The van der Waals surface area contributed by atoms with E-state index in [4.69, 9.17) is 58.5 Å². The fourth-order valence-corrected chi connectivity index (χ4v) is 23.5. The third-order valence-corrected chi connectivity index (χ3v) is 30.9. The zero-order valence-electron chi connectivity index (χ0n) is 70.2. The molecule has 4 aromatic heterocycles. The number of anilines is 4. The Morgan fingerprint density at radius 2 is 0.500 bits per heavy atom. The van der Waals surface area contributed by atoms with Crippen molar-refractivity contribution in [3.63, 3.8) is 0 Å². The number of hydrogen-bond donors (Lipinski definition) is 8. The van der Waals surface area contributed by atoms with Crippen molar-refractivity contribution in [2.45, 2.75) is 250 Å². The molecule has 8 heterocycles. The third-order valence-electron chi connectivity index (χ3n) is 25.5. The fraction of sp³-hybridized carbons (Fsp3) is 0.524. The number of aryl methyl sites for hydroxylation is 8. The van der Waals surface area contributed by atoms with Crippen LogP contribution in [-0.4, -0.2) is 159 Å². The second-order valence-electron chi connectivity index (χ2n) is 33.3. The second kappa shape index (κ2) is 36.3. The molecule has 664 valence electrons. The molecule has 12 aliphatic rings. The van der Waals surface area contributed by atoms with E-state index in [1.807, 2.05) is 0 Å². The second-order valence-corrected chi connectivity index (χ2v) is 40.3. The summed E-state index contributed by atoms with van der Waals surface area (Å²) >= 11 is 0. The normalized spacial score (nSPS) is 21.3. The van der Waals surface area contributed by atoms with Crippen molar-refractivity contribution >= 4 is 86.5 Å². The number of nitrogens with one attached hydrogen (secondary N) is 4. The van der Waals surface area contributed by atoms with Crippen molar-refractivity contribution in [3.8, 4) is 23.5 Å². The van der Waals surface area contributed by atoms with E-state index < -0.39 is 63.8 Å². The molecule has 4 unspecified atom stereocenters. The highest BCUT2D eigenvalue weighted by Gasteiger charge is 2.36. The number of amides is 8. The van der Waals surface area contributed by atoms with Crippen LogP contribution in [0.2, 0.25) is 0 Å². The molecule has 4 aliphatic heterocycles. The molecule has 4 aromatic carbocycles. The van der Waals surface area contributed by atoms with Crippen molar-refractivity contribution in [2.75, 3.05) is 76.1 Å². The molecule has 0 bridgehead atoms. The van der Waals surface area contributed by atoms with Crippen LogP contribution < -0.4 is 60.8 Å². The topological polar surface area (TPSA) is 483 Å². The van der Waals surface area contributed by atoms with Crippen LogP contribution in [0.25, 0.3) is 0 Å². The van der Waals surface area contributed by atoms with E-state index >= 15 is 0 Å². The minimum absolute atomic E-state index is 0.0645. The summed E-state index contributed by atoms with van der Waals surface area (Å²) in [5.41, 5.74) is 23.2. The smallest absolute Gasteiger partial charge is 0.354 e. The standard InChI is InChI=1S/4C21H27N5O4S/c4*1-29-15-8-9-30-20-18(11-23-26(20)12-15)31(22,28)25-21(27)24-19-16-6-2-4-13(16)10-14-5-3-7-17(14)19/h4*10-11,15H,2-9,12H2,1H3,(H3,22,24,25,27,28)/t4*15-,31?/m1100/s1. The number of methoxy groups -OCH3 is 4. The van der Waals surface area contributed by atoms with Crippen LogP contribution in [0.3, 0.4) is 0 Å². The van der Waals surface area contributed by atoms with Crippen molar-refractivity contribution in [3.05, 3.63) is 138 Å². The first-order valence-corrected chi connectivity index (χ1v) is 49.1. The molecule has 0 saturated heterocycles. The number of fused-ring (bicyclic) bond motifs is 12. The number of rotatable bonds is 12. The summed E-state index contributed by atoms with van der Waals surface area (Å²) in [5, 5.41) is 52.7. The van der Waals surface area contributed by atoms with Gasteiger partial charge < -0.3 is 59.2 Å².